The highest BCUT2D eigenvalue weighted by molar-refractivity contribution is 5.28. The Hall–Kier alpha value is -1.14. The molecule has 0 aliphatic carbocycles. The van der Waals surface area contributed by atoms with E-state index in [4.69, 9.17) is 4.74 Å². The molecule has 0 aromatic heterocycles. The molecule has 0 spiro atoms. The Balaban J connectivity index is 1.41. The van der Waals surface area contributed by atoms with Crippen LogP contribution in [0.2, 0.25) is 0 Å². The number of aliphatic hydroxyl groups is 1. The summed E-state index contributed by atoms with van der Waals surface area (Å²) >= 11 is 0. The molecule has 2 fully saturated rings. The van der Waals surface area contributed by atoms with Crippen LogP contribution in [-0.2, 0) is 6.54 Å². The highest BCUT2D eigenvalue weighted by atomic mass is 16.5. The van der Waals surface area contributed by atoms with Crippen molar-refractivity contribution >= 4 is 0 Å². The van der Waals surface area contributed by atoms with Crippen LogP contribution in [0.5, 0.6) is 5.75 Å². The van der Waals surface area contributed by atoms with Crippen LogP contribution in [-0.4, -0.2) is 84.9 Å². The van der Waals surface area contributed by atoms with Gasteiger partial charge in [-0.3, -0.25) is 9.80 Å². The van der Waals surface area contributed by atoms with Crippen molar-refractivity contribution in [2.45, 2.75) is 45.3 Å². The van der Waals surface area contributed by atoms with Gasteiger partial charge in [-0.25, -0.2) is 0 Å². The summed E-state index contributed by atoms with van der Waals surface area (Å²) in [7, 11) is 0. The van der Waals surface area contributed by atoms with E-state index in [1.807, 2.05) is 6.07 Å². The molecule has 2 saturated heterocycles. The van der Waals surface area contributed by atoms with E-state index >= 15 is 0 Å². The molecule has 2 aliphatic heterocycles. The van der Waals surface area contributed by atoms with Crippen molar-refractivity contribution in [3.63, 3.8) is 0 Å². The van der Waals surface area contributed by atoms with E-state index in [0.717, 1.165) is 45.0 Å². The average molecular weight is 376 g/mol. The van der Waals surface area contributed by atoms with E-state index < -0.39 is 6.10 Å². The summed E-state index contributed by atoms with van der Waals surface area (Å²) in [6.07, 6.45) is 4.92. The SMILES string of the molecule is CCN1CCN(C[C@@H](O)COc2cccc(CN3CCCCCC3)c2)CC1. The van der Waals surface area contributed by atoms with Gasteiger partial charge in [0.05, 0.1) is 0 Å². The Morgan fingerprint density at radius 1 is 0.926 bits per heavy atom. The normalized spacial score (nSPS) is 21.7. The van der Waals surface area contributed by atoms with Crippen molar-refractivity contribution in [2.75, 3.05) is 59.0 Å². The minimum absolute atomic E-state index is 0.362. The van der Waals surface area contributed by atoms with Crippen LogP contribution in [0.4, 0.5) is 0 Å². The summed E-state index contributed by atoms with van der Waals surface area (Å²) in [5.41, 5.74) is 1.31. The first kappa shape index (κ1) is 20.6. The van der Waals surface area contributed by atoms with Crippen LogP contribution in [0.1, 0.15) is 38.2 Å². The number of likely N-dealkylation sites (tertiary alicyclic amines) is 1. The van der Waals surface area contributed by atoms with Crippen molar-refractivity contribution in [1.82, 2.24) is 14.7 Å². The van der Waals surface area contributed by atoms with Crippen molar-refractivity contribution in [3.05, 3.63) is 29.8 Å². The lowest BCUT2D eigenvalue weighted by Crippen LogP contribution is -2.49. The first-order valence-corrected chi connectivity index (χ1v) is 10.8. The molecule has 0 amide bonds. The van der Waals surface area contributed by atoms with Crippen LogP contribution in [0.25, 0.3) is 0 Å². The molecule has 152 valence electrons. The molecule has 0 unspecified atom stereocenters. The Morgan fingerprint density at radius 2 is 1.63 bits per heavy atom. The highest BCUT2D eigenvalue weighted by Gasteiger charge is 2.18. The van der Waals surface area contributed by atoms with Crippen LogP contribution in [0.15, 0.2) is 24.3 Å². The van der Waals surface area contributed by atoms with Gasteiger partial charge in [-0.05, 0) is 50.2 Å². The fourth-order valence-electron chi connectivity index (χ4n) is 4.12. The van der Waals surface area contributed by atoms with Crippen LogP contribution >= 0.6 is 0 Å². The van der Waals surface area contributed by atoms with E-state index in [1.165, 1.54) is 44.3 Å². The number of hydrogen-bond donors (Lipinski definition) is 1. The first-order valence-electron chi connectivity index (χ1n) is 10.8. The minimum Gasteiger partial charge on any atom is -0.491 e. The summed E-state index contributed by atoms with van der Waals surface area (Å²) in [6, 6.07) is 8.39. The lowest BCUT2D eigenvalue weighted by molar-refractivity contribution is 0.0470. The minimum atomic E-state index is -0.438. The predicted octanol–water partition coefficient (Wildman–Crippen LogP) is 2.44. The number of aliphatic hydroxyl groups excluding tert-OH is 1. The highest BCUT2D eigenvalue weighted by Crippen LogP contribution is 2.18. The Bertz CT molecular complexity index is 538. The van der Waals surface area contributed by atoms with Gasteiger partial charge in [0.1, 0.15) is 18.5 Å². The fourth-order valence-corrected chi connectivity index (χ4v) is 4.12. The third-order valence-corrected chi connectivity index (χ3v) is 5.83. The van der Waals surface area contributed by atoms with Crippen molar-refractivity contribution in [3.8, 4) is 5.75 Å². The summed E-state index contributed by atoms with van der Waals surface area (Å²) in [5.74, 6) is 0.872. The van der Waals surface area contributed by atoms with E-state index in [1.54, 1.807) is 0 Å². The number of piperazine rings is 1. The smallest absolute Gasteiger partial charge is 0.119 e. The van der Waals surface area contributed by atoms with Gasteiger partial charge in [0, 0.05) is 39.3 Å². The average Bonchev–Trinajstić information content (AvgIpc) is 2.96. The van der Waals surface area contributed by atoms with Gasteiger partial charge >= 0.3 is 0 Å². The number of rotatable bonds is 8. The van der Waals surface area contributed by atoms with E-state index in [9.17, 15) is 5.11 Å². The number of hydrogen-bond acceptors (Lipinski definition) is 5. The number of β-amino-alcohol motifs (C(OH)–C–C–N with tert-alkyl or cyclic N) is 1. The molecule has 5 nitrogen and oxygen atoms in total. The molecule has 0 radical (unpaired) electrons. The zero-order valence-electron chi connectivity index (χ0n) is 17.0. The van der Waals surface area contributed by atoms with Crippen LogP contribution in [0, 0.1) is 0 Å². The van der Waals surface area contributed by atoms with Gasteiger partial charge in [-0.15, -0.1) is 0 Å². The number of likely N-dealkylation sites (N-methyl/N-ethyl adjacent to an activating group) is 1. The van der Waals surface area contributed by atoms with Crippen molar-refractivity contribution < 1.29 is 9.84 Å². The lowest BCUT2D eigenvalue weighted by atomic mass is 10.2. The summed E-state index contributed by atoms with van der Waals surface area (Å²) in [6.45, 7) is 12.1. The summed E-state index contributed by atoms with van der Waals surface area (Å²) in [4.78, 5) is 7.35. The predicted molar refractivity (Wildman–Crippen MR) is 110 cm³/mol. The van der Waals surface area contributed by atoms with Gasteiger partial charge in [-0.2, -0.15) is 0 Å². The van der Waals surface area contributed by atoms with Gasteiger partial charge in [0.15, 0.2) is 0 Å². The van der Waals surface area contributed by atoms with Gasteiger partial charge in [-0.1, -0.05) is 31.9 Å². The maximum absolute atomic E-state index is 10.4. The fraction of sp³-hybridized carbons (Fsp3) is 0.727. The topological polar surface area (TPSA) is 39.2 Å². The standard InChI is InChI=1S/C22H37N3O2/c1-2-23-12-14-25(15-13-23)18-21(26)19-27-22-9-7-8-20(16-22)17-24-10-5-3-4-6-11-24/h7-9,16,21,26H,2-6,10-15,17-19H2,1H3/t21-/m1/s1. The van der Waals surface area contributed by atoms with Crippen molar-refractivity contribution in [2.24, 2.45) is 0 Å². The molecule has 1 atom stereocenters. The zero-order valence-corrected chi connectivity index (χ0v) is 17.0. The molecule has 27 heavy (non-hydrogen) atoms. The second-order valence-corrected chi connectivity index (χ2v) is 8.04. The molecule has 1 N–H and O–H groups in total. The monoisotopic (exact) mass is 375 g/mol. The quantitative estimate of drug-likeness (QED) is 0.756. The summed E-state index contributed by atoms with van der Waals surface area (Å²) in [5, 5.41) is 10.4. The van der Waals surface area contributed by atoms with Crippen LogP contribution in [0.3, 0.4) is 0 Å². The Labute approximate surface area is 164 Å². The molecule has 2 heterocycles. The van der Waals surface area contributed by atoms with E-state index in [0.29, 0.717) is 13.2 Å². The number of nitrogens with zero attached hydrogens (tertiary/aromatic N) is 3. The molecule has 1 aromatic rings. The number of ether oxygens (including phenoxy) is 1. The zero-order chi connectivity index (χ0) is 18.9. The van der Waals surface area contributed by atoms with Gasteiger partial charge in [0.25, 0.3) is 0 Å². The molecule has 1 aromatic carbocycles. The van der Waals surface area contributed by atoms with Crippen molar-refractivity contribution in [1.29, 1.82) is 0 Å². The summed E-state index contributed by atoms with van der Waals surface area (Å²) < 4.78 is 5.90. The molecule has 5 heteroatoms. The molecule has 2 aliphatic rings. The second-order valence-electron chi connectivity index (χ2n) is 8.04. The third-order valence-electron chi connectivity index (χ3n) is 5.83. The van der Waals surface area contributed by atoms with Gasteiger partial charge < -0.3 is 14.7 Å². The largest absolute Gasteiger partial charge is 0.491 e. The second kappa shape index (κ2) is 11.0. The Kier molecular flexibility index (Phi) is 8.39. The van der Waals surface area contributed by atoms with E-state index in [2.05, 4.69) is 39.8 Å². The molecule has 0 saturated carbocycles. The molecule has 3 rings (SSSR count). The molecule has 0 bridgehead atoms. The lowest BCUT2D eigenvalue weighted by Gasteiger charge is -2.34. The van der Waals surface area contributed by atoms with Crippen LogP contribution < -0.4 is 4.74 Å². The Morgan fingerprint density at radius 3 is 2.33 bits per heavy atom. The first-order chi connectivity index (χ1) is 13.2. The maximum Gasteiger partial charge on any atom is 0.119 e. The number of benzene rings is 1. The van der Waals surface area contributed by atoms with Gasteiger partial charge in [0.2, 0.25) is 0 Å². The molecular weight excluding hydrogens is 338 g/mol. The molecular formula is C22H37N3O2. The maximum atomic E-state index is 10.4. The third kappa shape index (κ3) is 7.07. The van der Waals surface area contributed by atoms with E-state index in [-0.39, 0.29) is 0 Å².